The number of thiazole rings is 1. The fourth-order valence-corrected chi connectivity index (χ4v) is 5.35. The van der Waals surface area contributed by atoms with Crippen LogP contribution < -0.4 is 0 Å². The Bertz CT molecular complexity index is 930. The molecule has 1 N–H and O–H groups in total. The molecule has 5 nitrogen and oxygen atoms in total. The first-order chi connectivity index (χ1) is 12.0. The van der Waals surface area contributed by atoms with Crippen molar-refractivity contribution >= 4 is 58.9 Å². The first-order valence-electron chi connectivity index (χ1n) is 7.03. The average Bonchev–Trinajstić information content (AvgIpc) is 2.99. The minimum Gasteiger partial charge on any atom is -0.466 e. The number of methoxy groups -OCH3 is 2. The lowest BCUT2D eigenvalue weighted by atomic mass is 9.89. The number of nitrogens with one attached hydrogen (secondary N) is 1. The van der Waals surface area contributed by atoms with E-state index in [2.05, 4.69) is 4.98 Å². The Morgan fingerprint density at radius 3 is 2.40 bits per heavy atom. The number of carbonyl (C=O) groups is 2. The summed E-state index contributed by atoms with van der Waals surface area (Å²) in [6.45, 7) is 0. The van der Waals surface area contributed by atoms with Gasteiger partial charge >= 0.3 is 11.9 Å². The second-order valence-corrected chi connectivity index (χ2v) is 8.20. The van der Waals surface area contributed by atoms with Crippen molar-refractivity contribution in [1.82, 2.24) is 4.98 Å². The van der Waals surface area contributed by atoms with Gasteiger partial charge in [0, 0.05) is 5.02 Å². The van der Waals surface area contributed by atoms with Gasteiger partial charge in [-0.05, 0) is 29.9 Å². The molecule has 9 heteroatoms. The highest BCUT2D eigenvalue weighted by Gasteiger charge is 2.39. The third-order valence-electron chi connectivity index (χ3n) is 3.62. The second kappa shape index (κ2) is 7.33. The van der Waals surface area contributed by atoms with Crippen LogP contribution >= 0.6 is 46.9 Å². The van der Waals surface area contributed by atoms with Crippen molar-refractivity contribution in [3.05, 3.63) is 54.2 Å². The SMILES string of the molecule is COC(=O)C1=C(C(=O)OC)C(c2ccc(Cl)cc2)c2sc(=S)[nH]c2S1. The largest absolute Gasteiger partial charge is 0.466 e. The van der Waals surface area contributed by atoms with Crippen LogP contribution in [0.2, 0.25) is 5.02 Å². The molecule has 0 amide bonds. The summed E-state index contributed by atoms with van der Waals surface area (Å²) < 4.78 is 10.4. The molecule has 1 unspecified atom stereocenters. The minimum atomic E-state index is -0.597. The summed E-state index contributed by atoms with van der Waals surface area (Å²) in [4.78, 5) is 28.9. The van der Waals surface area contributed by atoms with Crippen LogP contribution in [-0.4, -0.2) is 31.1 Å². The van der Waals surface area contributed by atoms with E-state index in [1.165, 1.54) is 25.6 Å². The molecule has 0 radical (unpaired) electrons. The summed E-state index contributed by atoms with van der Waals surface area (Å²) in [5, 5.41) is 1.30. The van der Waals surface area contributed by atoms with Crippen LogP contribution in [0.1, 0.15) is 16.4 Å². The normalized spacial score (nSPS) is 16.4. The molecular weight excluding hydrogens is 402 g/mol. The Kier molecular flexibility index (Phi) is 5.33. The van der Waals surface area contributed by atoms with Crippen LogP contribution in [-0.2, 0) is 19.1 Å². The second-order valence-electron chi connectivity index (χ2n) is 5.02. The van der Waals surface area contributed by atoms with E-state index in [1.54, 1.807) is 12.1 Å². The Hall–Kier alpha value is -1.61. The number of thioether (sulfide) groups is 1. The number of aromatic nitrogens is 1. The van der Waals surface area contributed by atoms with Crippen LogP contribution in [0.4, 0.5) is 0 Å². The highest BCUT2D eigenvalue weighted by atomic mass is 35.5. The Balaban J connectivity index is 2.28. The number of aromatic amines is 1. The van der Waals surface area contributed by atoms with Crippen molar-refractivity contribution in [3.8, 4) is 0 Å². The van der Waals surface area contributed by atoms with Gasteiger partial charge in [-0.3, -0.25) is 0 Å². The van der Waals surface area contributed by atoms with Crippen molar-refractivity contribution in [2.24, 2.45) is 0 Å². The highest BCUT2D eigenvalue weighted by molar-refractivity contribution is 8.04. The number of hydrogen-bond donors (Lipinski definition) is 1. The molecule has 0 saturated heterocycles. The van der Waals surface area contributed by atoms with Crippen LogP contribution in [0, 0.1) is 3.95 Å². The number of esters is 2. The van der Waals surface area contributed by atoms with E-state index >= 15 is 0 Å². The first kappa shape index (κ1) is 18.2. The zero-order chi connectivity index (χ0) is 18.1. The number of rotatable bonds is 3. The fourth-order valence-electron chi connectivity index (χ4n) is 2.55. The lowest BCUT2D eigenvalue weighted by Gasteiger charge is -2.25. The van der Waals surface area contributed by atoms with E-state index in [9.17, 15) is 9.59 Å². The van der Waals surface area contributed by atoms with Crippen molar-refractivity contribution in [2.45, 2.75) is 10.9 Å². The molecule has 3 rings (SSSR count). The molecular formula is C16H12ClNO4S3. The number of carbonyl (C=O) groups excluding carboxylic acids is 2. The maximum atomic E-state index is 12.5. The van der Waals surface area contributed by atoms with Gasteiger partial charge in [0.1, 0.15) is 4.91 Å². The number of H-pyrrole nitrogens is 1. The monoisotopic (exact) mass is 413 g/mol. The summed E-state index contributed by atoms with van der Waals surface area (Å²) in [5.74, 6) is -1.67. The predicted molar refractivity (Wildman–Crippen MR) is 99.7 cm³/mol. The van der Waals surface area contributed by atoms with E-state index in [-0.39, 0.29) is 10.5 Å². The molecule has 0 aliphatic carbocycles. The topological polar surface area (TPSA) is 68.4 Å². The maximum Gasteiger partial charge on any atom is 0.345 e. The van der Waals surface area contributed by atoms with Crippen LogP contribution in [0.5, 0.6) is 0 Å². The van der Waals surface area contributed by atoms with E-state index in [4.69, 9.17) is 33.3 Å². The zero-order valence-electron chi connectivity index (χ0n) is 13.1. The molecule has 2 aromatic rings. The number of ether oxygens (including phenoxy) is 2. The molecule has 0 fully saturated rings. The summed E-state index contributed by atoms with van der Waals surface area (Å²) in [5.41, 5.74) is 1.04. The molecule has 1 aromatic heterocycles. The van der Waals surface area contributed by atoms with Crippen molar-refractivity contribution in [3.63, 3.8) is 0 Å². The van der Waals surface area contributed by atoms with E-state index in [1.807, 2.05) is 12.1 Å². The van der Waals surface area contributed by atoms with Crippen LogP contribution in [0.25, 0.3) is 0 Å². The Morgan fingerprint density at radius 2 is 1.80 bits per heavy atom. The third-order valence-corrected chi connectivity index (χ3v) is 6.42. The summed E-state index contributed by atoms with van der Waals surface area (Å²) >= 11 is 13.7. The molecule has 130 valence electrons. The standard InChI is InChI=1S/C16H12ClNO4S3/c1-21-14(19)10-9(7-3-5-8(17)6-4-7)11-13(18-16(23)25-11)24-12(10)15(20)22-2/h3-6,9H,1-2H3,(H,18,23). The summed E-state index contributed by atoms with van der Waals surface area (Å²) in [7, 11) is 2.55. The molecule has 25 heavy (non-hydrogen) atoms. The Morgan fingerprint density at radius 1 is 1.16 bits per heavy atom. The summed E-state index contributed by atoms with van der Waals surface area (Å²) in [6, 6.07) is 7.09. The van der Waals surface area contributed by atoms with Crippen molar-refractivity contribution in [1.29, 1.82) is 0 Å². The van der Waals surface area contributed by atoms with Gasteiger partial charge in [-0.2, -0.15) is 0 Å². The van der Waals surface area contributed by atoms with Gasteiger partial charge in [-0.15, -0.1) is 11.3 Å². The third kappa shape index (κ3) is 3.39. The zero-order valence-corrected chi connectivity index (χ0v) is 16.3. The molecule has 0 spiro atoms. The van der Waals surface area contributed by atoms with E-state index < -0.39 is 17.9 Å². The highest BCUT2D eigenvalue weighted by Crippen LogP contribution is 2.49. The number of halogens is 1. The van der Waals surface area contributed by atoms with Crippen molar-refractivity contribution < 1.29 is 19.1 Å². The van der Waals surface area contributed by atoms with Gasteiger partial charge in [0.05, 0.1) is 35.6 Å². The van der Waals surface area contributed by atoms with Crippen molar-refractivity contribution in [2.75, 3.05) is 14.2 Å². The average molecular weight is 414 g/mol. The quantitative estimate of drug-likeness (QED) is 0.597. The van der Waals surface area contributed by atoms with Gasteiger partial charge in [0.2, 0.25) is 0 Å². The number of hydrogen-bond acceptors (Lipinski definition) is 7. The minimum absolute atomic E-state index is 0.186. The molecule has 1 atom stereocenters. The summed E-state index contributed by atoms with van der Waals surface area (Å²) in [6.07, 6.45) is 0. The van der Waals surface area contributed by atoms with E-state index in [0.29, 0.717) is 8.98 Å². The lowest BCUT2D eigenvalue weighted by molar-refractivity contribution is -0.139. The van der Waals surface area contributed by atoms with E-state index in [0.717, 1.165) is 27.2 Å². The van der Waals surface area contributed by atoms with Gasteiger partial charge < -0.3 is 14.5 Å². The number of fused-ring (bicyclic) bond motifs is 1. The number of benzene rings is 1. The van der Waals surface area contributed by atoms with Crippen LogP contribution in [0.3, 0.4) is 0 Å². The van der Waals surface area contributed by atoms with Gasteiger partial charge in [0.15, 0.2) is 3.95 Å². The fraction of sp³-hybridized carbons (Fsp3) is 0.188. The maximum absolute atomic E-state index is 12.5. The van der Waals surface area contributed by atoms with Gasteiger partial charge in [-0.1, -0.05) is 35.5 Å². The smallest absolute Gasteiger partial charge is 0.345 e. The predicted octanol–water partition coefficient (Wildman–Crippen LogP) is 4.30. The molecule has 2 heterocycles. The van der Waals surface area contributed by atoms with Crippen LogP contribution in [0.15, 0.2) is 39.8 Å². The first-order valence-corrected chi connectivity index (χ1v) is 9.45. The lowest BCUT2D eigenvalue weighted by Crippen LogP contribution is -2.22. The van der Waals surface area contributed by atoms with Gasteiger partial charge in [0.25, 0.3) is 0 Å². The molecule has 0 bridgehead atoms. The van der Waals surface area contributed by atoms with Gasteiger partial charge in [-0.25, -0.2) is 9.59 Å². The molecule has 1 aromatic carbocycles. The Labute approximate surface area is 162 Å². The molecule has 1 aliphatic heterocycles. The molecule has 0 saturated carbocycles. The molecule has 1 aliphatic rings.